The Morgan fingerprint density at radius 3 is 2.92 bits per heavy atom. The molecule has 0 saturated heterocycles. The van der Waals surface area contributed by atoms with E-state index in [-0.39, 0.29) is 5.91 Å². The first-order valence-electron chi connectivity index (χ1n) is 8.14. The van der Waals surface area contributed by atoms with Gasteiger partial charge in [0.15, 0.2) is 0 Å². The minimum absolute atomic E-state index is 0.00912. The second-order valence-electron chi connectivity index (χ2n) is 6.65. The van der Waals surface area contributed by atoms with E-state index in [0.29, 0.717) is 17.9 Å². The average Bonchev–Trinajstić information content (AvgIpc) is 3.12. The van der Waals surface area contributed by atoms with Crippen LogP contribution in [0.4, 0.5) is 0 Å². The minimum atomic E-state index is -0.00912. The van der Waals surface area contributed by atoms with Crippen LogP contribution in [0.25, 0.3) is 11.3 Å². The van der Waals surface area contributed by atoms with Gasteiger partial charge in [-0.05, 0) is 18.1 Å². The van der Waals surface area contributed by atoms with Gasteiger partial charge in [-0.2, -0.15) is 0 Å². The number of carbonyl (C=O) groups excluding carboxylic acids is 1. The highest BCUT2D eigenvalue weighted by atomic mass is 16.2. The van der Waals surface area contributed by atoms with Crippen LogP contribution in [0.5, 0.6) is 0 Å². The average molecular weight is 325 g/mol. The Morgan fingerprint density at radius 1 is 1.42 bits per heavy atom. The number of fused-ring (bicyclic) bond motifs is 1. The van der Waals surface area contributed by atoms with Crippen molar-refractivity contribution in [3.63, 3.8) is 0 Å². The van der Waals surface area contributed by atoms with E-state index >= 15 is 0 Å². The lowest BCUT2D eigenvalue weighted by molar-refractivity contribution is 0.0827. The van der Waals surface area contributed by atoms with Crippen molar-refractivity contribution in [3.05, 3.63) is 41.9 Å². The zero-order valence-electron chi connectivity index (χ0n) is 14.6. The molecule has 1 aromatic carbocycles. The standard InChI is InChI=1S/C18H23N5O/c1-12(2)10-19-16-9-17-20-11-15(23(17)21-16)13-6-5-7-14(8-13)18(24)22(3)4/h5-8,11-12H,9-10H2,1-4H3,(H,19,21). The van der Waals surface area contributed by atoms with E-state index in [2.05, 4.69) is 29.2 Å². The number of hydrogen-bond acceptors (Lipinski definition) is 3. The van der Waals surface area contributed by atoms with Gasteiger partial charge in [-0.15, -0.1) is 0 Å². The van der Waals surface area contributed by atoms with Crippen molar-refractivity contribution >= 4 is 11.7 Å². The molecule has 0 radical (unpaired) electrons. The first kappa shape index (κ1) is 16.2. The highest BCUT2D eigenvalue weighted by Crippen LogP contribution is 2.24. The zero-order valence-corrected chi connectivity index (χ0v) is 14.6. The summed E-state index contributed by atoms with van der Waals surface area (Å²) in [5.74, 6) is 2.40. The van der Waals surface area contributed by atoms with E-state index < -0.39 is 0 Å². The van der Waals surface area contributed by atoms with Gasteiger partial charge >= 0.3 is 0 Å². The third kappa shape index (κ3) is 3.18. The normalized spacial score (nSPS) is 14.8. The second-order valence-corrected chi connectivity index (χ2v) is 6.65. The van der Waals surface area contributed by atoms with Crippen molar-refractivity contribution in [2.45, 2.75) is 20.3 Å². The molecule has 1 aromatic heterocycles. The number of aliphatic imine (C=N–C) groups is 1. The summed E-state index contributed by atoms with van der Waals surface area (Å²) in [5, 5.41) is 0. The van der Waals surface area contributed by atoms with E-state index in [9.17, 15) is 4.79 Å². The van der Waals surface area contributed by atoms with Crippen molar-refractivity contribution in [2.75, 3.05) is 26.1 Å². The van der Waals surface area contributed by atoms with Crippen LogP contribution < -0.4 is 5.43 Å². The van der Waals surface area contributed by atoms with E-state index in [1.54, 1.807) is 19.0 Å². The molecule has 0 aliphatic carbocycles. The number of hydrogen-bond donors (Lipinski definition) is 1. The van der Waals surface area contributed by atoms with Gasteiger partial charge in [0, 0.05) is 31.8 Å². The third-order valence-electron chi connectivity index (χ3n) is 3.86. The smallest absolute Gasteiger partial charge is 0.253 e. The fourth-order valence-electron chi connectivity index (χ4n) is 2.62. The molecule has 0 atom stereocenters. The topological polar surface area (TPSA) is 62.5 Å². The quantitative estimate of drug-likeness (QED) is 0.939. The molecule has 2 aromatic rings. The molecule has 6 nitrogen and oxygen atoms in total. The van der Waals surface area contributed by atoms with Crippen LogP contribution in [0.3, 0.4) is 0 Å². The molecule has 0 fully saturated rings. The lowest BCUT2D eigenvalue weighted by Gasteiger charge is -2.12. The van der Waals surface area contributed by atoms with Crippen LogP contribution in [0.2, 0.25) is 0 Å². The molecule has 0 bridgehead atoms. The summed E-state index contributed by atoms with van der Waals surface area (Å²) in [6.45, 7) is 5.10. The van der Waals surface area contributed by atoms with Crippen molar-refractivity contribution in [1.29, 1.82) is 0 Å². The number of nitrogens with zero attached hydrogens (tertiary/aromatic N) is 4. The van der Waals surface area contributed by atoms with Gasteiger partial charge in [-0.3, -0.25) is 15.2 Å². The van der Waals surface area contributed by atoms with Gasteiger partial charge in [0.25, 0.3) is 5.91 Å². The Balaban J connectivity index is 1.88. The molecule has 0 saturated carbocycles. The fraction of sp³-hybridized carbons (Fsp3) is 0.389. The van der Waals surface area contributed by atoms with Crippen LogP contribution in [-0.2, 0) is 6.42 Å². The van der Waals surface area contributed by atoms with Gasteiger partial charge < -0.3 is 4.90 Å². The number of amidine groups is 1. The van der Waals surface area contributed by atoms with Gasteiger partial charge in [0.1, 0.15) is 11.7 Å². The number of rotatable bonds is 4. The number of carbonyl (C=O) groups is 1. The van der Waals surface area contributed by atoms with E-state index in [4.69, 9.17) is 0 Å². The Hall–Kier alpha value is -2.63. The molecule has 1 N–H and O–H groups in total. The first-order valence-corrected chi connectivity index (χ1v) is 8.14. The first-order chi connectivity index (χ1) is 11.5. The number of nitrogens with one attached hydrogen (secondary N) is 1. The van der Waals surface area contributed by atoms with Crippen molar-refractivity contribution in [3.8, 4) is 11.3 Å². The highest BCUT2D eigenvalue weighted by molar-refractivity contribution is 5.96. The van der Waals surface area contributed by atoms with Gasteiger partial charge in [0.05, 0.1) is 18.3 Å². The largest absolute Gasteiger partial charge is 0.345 e. The number of imidazole rings is 1. The number of benzene rings is 1. The fourth-order valence-corrected chi connectivity index (χ4v) is 2.62. The van der Waals surface area contributed by atoms with Gasteiger partial charge in [0.2, 0.25) is 0 Å². The summed E-state index contributed by atoms with van der Waals surface area (Å²) in [6.07, 6.45) is 2.55. The zero-order chi connectivity index (χ0) is 17.3. The summed E-state index contributed by atoms with van der Waals surface area (Å²) in [4.78, 5) is 22.8. The van der Waals surface area contributed by atoms with Crippen LogP contribution in [-0.4, -0.2) is 46.9 Å². The van der Waals surface area contributed by atoms with E-state index in [1.807, 2.05) is 35.1 Å². The molecule has 1 aliphatic rings. The predicted octanol–water partition coefficient (Wildman–Crippen LogP) is 2.41. The molecule has 0 unspecified atom stereocenters. The maximum absolute atomic E-state index is 12.2. The summed E-state index contributed by atoms with van der Waals surface area (Å²) in [6, 6.07) is 7.62. The van der Waals surface area contributed by atoms with Crippen molar-refractivity contribution in [1.82, 2.24) is 14.6 Å². The molecule has 24 heavy (non-hydrogen) atoms. The van der Waals surface area contributed by atoms with Gasteiger partial charge in [-0.1, -0.05) is 26.0 Å². The number of amides is 1. The van der Waals surface area contributed by atoms with E-state index in [0.717, 1.165) is 29.5 Å². The van der Waals surface area contributed by atoms with Crippen LogP contribution >= 0.6 is 0 Å². The van der Waals surface area contributed by atoms with Gasteiger partial charge in [-0.25, -0.2) is 9.66 Å². The van der Waals surface area contributed by atoms with Crippen LogP contribution in [0.15, 0.2) is 35.5 Å². The molecule has 3 rings (SSSR count). The molecular weight excluding hydrogens is 302 g/mol. The Bertz CT molecular complexity index is 788. The summed E-state index contributed by atoms with van der Waals surface area (Å²) in [5.41, 5.74) is 5.88. The van der Waals surface area contributed by atoms with Crippen LogP contribution in [0, 0.1) is 5.92 Å². The Labute approximate surface area is 142 Å². The number of aromatic nitrogens is 2. The maximum Gasteiger partial charge on any atom is 0.253 e. The van der Waals surface area contributed by atoms with Crippen molar-refractivity contribution < 1.29 is 4.79 Å². The lowest BCUT2D eigenvalue weighted by atomic mass is 10.1. The molecule has 1 amide bonds. The Kier molecular flexibility index (Phi) is 4.38. The second kappa shape index (κ2) is 6.47. The molecular formula is C18H23N5O. The summed E-state index contributed by atoms with van der Waals surface area (Å²) >= 11 is 0. The minimum Gasteiger partial charge on any atom is -0.345 e. The monoisotopic (exact) mass is 325 g/mol. The van der Waals surface area contributed by atoms with Crippen LogP contribution in [0.1, 0.15) is 30.0 Å². The highest BCUT2D eigenvalue weighted by Gasteiger charge is 2.21. The summed E-state index contributed by atoms with van der Waals surface area (Å²) < 4.78 is 1.96. The predicted molar refractivity (Wildman–Crippen MR) is 95.9 cm³/mol. The molecule has 1 aliphatic heterocycles. The molecule has 2 heterocycles. The van der Waals surface area contributed by atoms with Crippen molar-refractivity contribution in [2.24, 2.45) is 10.9 Å². The maximum atomic E-state index is 12.2. The third-order valence-corrected chi connectivity index (χ3v) is 3.86. The van der Waals surface area contributed by atoms with E-state index in [1.165, 1.54) is 0 Å². The Morgan fingerprint density at radius 2 is 2.21 bits per heavy atom. The lowest BCUT2D eigenvalue weighted by Crippen LogP contribution is -2.21. The summed E-state index contributed by atoms with van der Waals surface area (Å²) in [7, 11) is 3.51. The molecule has 6 heteroatoms. The SMILES string of the molecule is CC(C)CN=C1Cc2ncc(-c3cccc(C(=O)N(C)C)c3)n2N1. The molecule has 126 valence electrons. The molecule has 0 spiro atoms.